The zero-order valence-corrected chi connectivity index (χ0v) is 17.8. The van der Waals surface area contributed by atoms with Gasteiger partial charge in [-0.15, -0.1) is 0 Å². The molecule has 0 fully saturated rings. The molecule has 3 aromatic rings. The van der Waals surface area contributed by atoms with Crippen LogP contribution in [0.1, 0.15) is 49.7 Å². The first-order chi connectivity index (χ1) is 14.8. The number of hydrogen-bond acceptors (Lipinski definition) is 3. The minimum atomic E-state index is -0.321. The normalized spacial score (nSPS) is 15.7. The number of pyridine rings is 1. The number of halogens is 1. The van der Waals surface area contributed by atoms with Gasteiger partial charge in [-0.2, -0.15) is 0 Å². The molecule has 0 spiro atoms. The lowest BCUT2D eigenvalue weighted by Gasteiger charge is -2.16. The average Bonchev–Trinajstić information content (AvgIpc) is 2.88. The predicted molar refractivity (Wildman–Crippen MR) is 117 cm³/mol. The zero-order chi connectivity index (χ0) is 22.1. The molecule has 0 saturated heterocycles. The molecule has 0 bridgehead atoms. The SMILES string of the molecule is Cc1cc(NC(=O)c2c3c(c(C)n2C)C(=O)NC(Cc2cccnc2)CC3)ccc1F. The predicted octanol–water partition coefficient (Wildman–Crippen LogP) is 3.72. The van der Waals surface area contributed by atoms with Gasteiger partial charge in [0.15, 0.2) is 0 Å². The lowest BCUT2D eigenvalue weighted by molar-refractivity contribution is 0.0938. The second kappa shape index (κ2) is 8.34. The van der Waals surface area contributed by atoms with Crippen LogP contribution in [0.15, 0.2) is 42.7 Å². The Kier molecular flexibility index (Phi) is 5.59. The van der Waals surface area contributed by atoms with Crippen molar-refractivity contribution in [2.45, 2.75) is 39.2 Å². The average molecular weight is 420 g/mol. The van der Waals surface area contributed by atoms with E-state index in [2.05, 4.69) is 15.6 Å². The van der Waals surface area contributed by atoms with Gasteiger partial charge in [-0.3, -0.25) is 14.6 Å². The van der Waals surface area contributed by atoms with E-state index in [1.165, 1.54) is 12.1 Å². The van der Waals surface area contributed by atoms with E-state index in [0.717, 1.165) is 16.8 Å². The van der Waals surface area contributed by atoms with Gasteiger partial charge in [0.1, 0.15) is 11.5 Å². The van der Waals surface area contributed by atoms with Crippen molar-refractivity contribution >= 4 is 17.5 Å². The third-order valence-electron chi connectivity index (χ3n) is 5.93. The summed E-state index contributed by atoms with van der Waals surface area (Å²) in [5.74, 6) is -0.791. The van der Waals surface area contributed by atoms with Crippen LogP contribution in [-0.4, -0.2) is 27.4 Å². The molecule has 0 saturated carbocycles. The molecule has 1 unspecified atom stereocenters. The maximum atomic E-state index is 13.6. The van der Waals surface area contributed by atoms with Crippen LogP contribution in [-0.2, 0) is 19.9 Å². The van der Waals surface area contributed by atoms with Gasteiger partial charge in [-0.25, -0.2) is 4.39 Å². The smallest absolute Gasteiger partial charge is 0.272 e. The standard InChI is InChI=1S/C24H25FN4O2/c1-14-11-17(7-9-20(14)25)28-24(31)22-19-8-6-18(12-16-5-4-10-26-13-16)27-23(30)21(19)15(2)29(22)3/h4-5,7,9-11,13,18H,6,8,12H2,1-3H3,(H,27,30)(H,28,31). The number of carbonyl (C=O) groups is 2. The highest BCUT2D eigenvalue weighted by Crippen LogP contribution is 2.28. The van der Waals surface area contributed by atoms with Gasteiger partial charge in [0.2, 0.25) is 0 Å². The summed E-state index contributed by atoms with van der Waals surface area (Å²) in [5.41, 5.74) is 4.56. The Morgan fingerprint density at radius 2 is 2.13 bits per heavy atom. The Morgan fingerprint density at radius 1 is 1.32 bits per heavy atom. The van der Waals surface area contributed by atoms with Crippen molar-refractivity contribution in [2.75, 3.05) is 5.32 Å². The van der Waals surface area contributed by atoms with E-state index in [9.17, 15) is 14.0 Å². The number of nitrogens with one attached hydrogen (secondary N) is 2. The fourth-order valence-corrected chi connectivity index (χ4v) is 4.23. The van der Waals surface area contributed by atoms with E-state index < -0.39 is 0 Å². The first kappa shape index (κ1) is 20.8. The minimum Gasteiger partial charge on any atom is -0.349 e. The highest BCUT2D eigenvalue weighted by molar-refractivity contribution is 6.08. The Labute approximate surface area is 180 Å². The number of nitrogens with zero attached hydrogens (tertiary/aromatic N) is 2. The number of carbonyl (C=O) groups excluding carboxylic acids is 2. The summed E-state index contributed by atoms with van der Waals surface area (Å²) in [4.78, 5) is 30.3. The quantitative estimate of drug-likeness (QED) is 0.676. The van der Waals surface area contributed by atoms with E-state index in [4.69, 9.17) is 0 Å². The van der Waals surface area contributed by atoms with Crippen LogP contribution >= 0.6 is 0 Å². The van der Waals surface area contributed by atoms with Crippen molar-refractivity contribution in [3.63, 3.8) is 0 Å². The van der Waals surface area contributed by atoms with Crippen LogP contribution in [0.5, 0.6) is 0 Å². The number of benzene rings is 1. The van der Waals surface area contributed by atoms with E-state index in [0.29, 0.717) is 41.8 Å². The molecule has 2 N–H and O–H groups in total. The molecule has 2 aromatic heterocycles. The molecule has 1 atom stereocenters. The molecule has 0 radical (unpaired) electrons. The van der Waals surface area contributed by atoms with Gasteiger partial charge in [0, 0.05) is 36.9 Å². The van der Waals surface area contributed by atoms with Crippen molar-refractivity contribution in [3.05, 3.63) is 82.2 Å². The Morgan fingerprint density at radius 3 is 2.84 bits per heavy atom. The third-order valence-corrected chi connectivity index (χ3v) is 5.93. The fraction of sp³-hybridized carbons (Fsp3) is 0.292. The number of aryl methyl sites for hydroxylation is 1. The first-order valence-corrected chi connectivity index (χ1v) is 10.3. The van der Waals surface area contributed by atoms with Gasteiger partial charge in [-0.05, 0) is 74.1 Å². The summed E-state index contributed by atoms with van der Waals surface area (Å²) in [6.45, 7) is 3.50. The summed E-state index contributed by atoms with van der Waals surface area (Å²) >= 11 is 0. The largest absolute Gasteiger partial charge is 0.349 e. The summed E-state index contributed by atoms with van der Waals surface area (Å²) in [5, 5.41) is 5.96. The molecule has 3 heterocycles. The summed E-state index contributed by atoms with van der Waals surface area (Å²) in [6.07, 6.45) is 5.53. The van der Waals surface area contributed by atoms with Gasteiger partial charge in [0.05, 0.1) is 5.56 Å². The van der Waals surface area contributed by atoms with Crippen LogP contribution in [0.3, 0.4) is 0 Å². The van der Waals surface area contributed by atoms with Crippen LogP contribution in [0, 0.1) is 19.7 Å². The lowest BCUT2D eigenvalue weighted by Crippen LogP contribution is -2.35. The van der Waals surface area contributed by atoms with Crippen molar-refractivity contribution < 1.29 is 14.0 Å². The summed E-state index contributed by atoms with van der Waals surface area (Å²) in [7, 11) is 1.79. The topological polar surface area (TPSA) is 76.0 Å². The molecule has 1 aliphatic heterocycles. The summed E-state index contributed by atoms with van der Waals surface area (Å²) < 4.78 is 15.3. The van der Waals surface area contributed by atoms with E-state index in [-0.39, 0.29) is 23.7 Å². The third kappa shape index (κ3) is 4.08. The molecule has 160 valence electrons. The molecular formula is C24H25FN4O2. The highest BCUT2D eigenvalue weighted by Gasteiger charge is 2.31. The van der Waals surface area contributed by atoms with Crippen LogP contribution < -0.4 is 10.6 Å². The highest BCUT2D eigenvalue weighted by atomic mass is 19.1. The number of anilines is 1. The van der Waals surface area contributed by atoms with Crippen molar-refractivity contribution in [2.24, 2.45) is 7.05 Å². The van der Waals surface area contributed by atoms with E-state index in [1.807, 2.05) is 19.1 Å². The molecule has 2 amide bonds. The second-order valence-electron chi connectivity index (χ2n) is 8.04. The molecular weight excluding hydrogens is 395 g/mol. The zero-order valence-electron chi connectivity index (χ0n) is 17.8. The van der Waals surface area contributed by atoms with Crippen LogP contribution in [0.2, 0.25) is 0 Å². The Hall–Kier alpha value is -3.48. The molecule has 0 aliphatic carbocycles. The number of rotatable bonds is 4. The number of hydrogen-bond donors (Lipinski definition) is 2. The minimum absolute atomic E-state index is 0.0375. The Bertz CT molecular complexity index is 1150. The van der Waals surface area contributed by atoms with Gasteiger partial charge < -0.3 is 15.2 Å². The Balaban J connectivity index is 1.61. The molecule has 4 rings (SSSR count). The van der Waals surface area contributed by atoms with Crippen LogP contribution in [0.4, 0.5) is 10.1 Å². The van der Waals surface area contributed by atoms with E-state index >= 15 is 0 Å². The lowest BCUT2D eigenvalue weighted by atomic mass is 10.00. The van der Waals surface area contributed by atoms with E-state index in [1.54, 1.807) is 37.0 Å². The molecule has 6 nitrogen and oxygen atoms in total. The molecule has 31 heavy (non-hydrogen) atoms. The van der Waals surface area contributed by atoms with Gasteiger partial charge >= 0.3 is 0 Å². The van der Waals surface area contributed by atoms with Crippen molar-refractivity contribution in [3.8, 4) is 0 Å². The summed E-state index contributed by atoms with van der Waals surface area (Å²) in [6, 6.07) is 8.30. The fourth-order valence-electron chi connectivity index (χ4n) is 4.23. The number of fused-ring (bicyclic) bond motifs is 1. The van der Waals surface area contributed by atoms with Crippen molar-refractivity contribution in [1.82, 2.24) is 14.9 Å². The first-order valence-electron chi connectivity index (χ1n) is 10.3. The molecule has 1 aromatic carbocycles. The maximum Gasteiger partial charge on any atom is 0.272 e. The molecule has 7 heteroatoms. The number of aromatic nitrogens is 2. The maximum absolute atomic E-state index is 13.6. The van der Waals surface area contributed by atoms with Crippen LogP contribution in [0.25, 0.3) is 0 Å². The monoisotopic (exact) mass is 420 g/mol. The van der Waals surface area contributed by atoms with Gasteiger partial charge in [0.25, 0.3) is 11.8 Å². The van der Waals surface area contributed by atoms with Crippen molar-refractivity contribution in [1.29, 1.82) is 0 Å². The van der Waals surface area contributed by atoms with Gasteiger partial charge in [-0.1, -0.05) is 6.07 Å². The number of amides is 2. The second-order valence-corrected chi connectivity index (χ2v) is 8.04. The molecule has 1 aliphatic rings.